The van der Waals surface area contributed by atoms with Gasteiger partial charge in [0.05, 0.1) is 5.92 Å². The highest BCUT2D eigenvalue weighted by molar-refractivity contribution is 14.1. The number of likely N-dealkylation sites (tertiary alicyclic amines) is 1. The Hall–Kier alpha value is -1.37. The molecule has 4 N–H and O–H groups in total. The Morgan fingerprint density at radius 2 is 1.97 bits per heavy atom. The minimum atomic E-state index is -2.01. The van der Waals surface area contributed by atoms with Crippen LogP contribution in [0.5, 0.6) is 0 Å². The molecule has 1 aliphatic rings. The van der Waals surface area contributed by atoms with Gasteiger partial charge in [-0.1, -0.05) is 26.0 Å². The summed E-state index contributed by atoms with van der Waals surface area (Å²) in [6.45, 7) is 4.02. The monoisotopic (exact) mass is 563 g/mol. The second kappa shape index (κ2) is 11.5. The molecular formula is C21H30IN3O5S. The normalized spacial score (nSPS) is 23.2. The summed E-state index contributed by atoms with van der Waals surface area (Å²) in [6, 6.07) is 6.87. The maximum absolute atomic E-state index is 13.4. The van der Waals surface area contributed by atoms with Crippen LogP contribution in [0, 0.1) is 15.4 Å². The molecule has 0 bridgehead atoms. The van der Waals surface area contributed by atoms with Crippen molar-refractivity contribution in [3.05, 3.63) is 33.4 Å². The van der Waals surface area contributed by atoms with E-state index in [0.717, 1.165) is 14.9 Å². The van der Waals surface area contributed by atoms with E-state index in [1.807, 2.05) is 37.4 Å². The standard InChI is InChI=1S/C21H30IN3O5S/c1-13-11-21(29,14(2)18(26)24-30)20(28)25(12-13)17(19(27)23-8-9-31-3)10-15-4-6-16(22)7-5-15/h4-7,13-14,17,29-30H,8-12H2,1-3H3,(H,23,27)(H,24,26). The molecule has 1 fully saturated rings. The Kier molecular flexibility index (Phi) is 9.59. The highest BCUT2D eigenvalue weighted by Crippen LogP contribution is 2.34. The van der Waals surface area contributed by atoms with E-state index in [2.05, 4.69) is 27.9 Å². The van der Waals surface area contributed by atoms with E-state index in [0.29, 0.717) is 13.1 Å². The van der Waals surface area contributed by atoms with Gasteiger partial charge in [0.2, 0.25) is 11.8 Å². The Labute approximate surface area is 200 Å². The van der Waals surface area contributed by atoms with Crippen molar-refractivity contribution in [1.82, 2.24) is 15.7 Å². The number of carbonyl (C=O) groups excluding carboxylic acids is 3. The molecule has 0 spiro atoms. The molecule has 4 unspecified atom stereocenters. The third-order valence-corrected chi connectivity index (χ3v) is 6.98. The molecule has 1 heterocycles. The molecule has 1 aromatic carbocycles. The molecule has 1 aliphatic heterocycles. The average molecular weight is 563 g/mol. The molecule has 2 rings (SSSR count). The van der Waals surface area contributed by atoms with Crippen LogP contribution in [0.4, 0.5) is 0 Å². The summed E-state index contributed by atoms with van der Waals surface area (Å²) in [5.41, 5.74) is 0.401. The molecule has 0 saturated carbocycles. The van der Waals surface area contributed by atoms with Gasteiger partial charge in [-0.25, -0.2) is 5.48 Å². The minimum absolute atomic E-state index is 0.0707. The van der Waals surface area contributed by atoms with Crippen molar-refractivity contribution in [2.45, 2.75) is 38.3 Å². The number of hydroxylamine groups is 1. The van der Waals surface area contributed by atoms with Crippen LogP contribution >= 0.6 is 34.4 Å². The second-order valence-electron chi connectivity index (χ2n) is 8.02. The van der Waals surface area contributed by atoms with E-state index in [9.17, 15) is 19.5 Å². The van der Waals surface area contributed by atoms with E-state index in [4.69, 9.17) is 5.21 Å². The van der Waals surface area contributed by atoms with E-state index in [-0.39, 0.29) is 24.7 Å². The van der Waals surface area contributed by atoms with Crippen LogP contribution in [-0.2, 0) is 20.8 Å². The molecule has 10 heteroatoms. The fraction of sp³-hybridized carbons (Fsp3) is 0.571. The first-order valence-electron chi connectivity index (χ1n) is 10.1. The third kappa shape index (κ3) is 6.33. The van der Waals surface area contributed by atoms with Crippen LogP contribution in [0.15, 0.2) is 24.3 Å². The van der Waals surface area contributed by atoms with Gasteiger partial charge in [0, 0.05) is 28.8 Å². The second-order valence-corrected chi connectivity index (χ2v) is 10.3. The van der Waals surface area contributed by atoms with Crippen molar-refractivity contribution >= 4 is 52.1 Å². The number of hydrogen-bond acceptors (Lipinski definition) is 6. The van der Waals surface area contributed by atoms with E-state index < -0.39 is 29.4 Å². The zero-order valence-corrected chi connectivity index (χ0v) is 20.9. The summed E-state index contributed by atoms with van der Waals surface area (Å²) < 4.78 is 1.06. The van der Waals surface area contributed by atoms with Gasteiger partial charge < -0.3 is 15.3 Å². The number of carbonyl (C=O) groups is 3. The van der Waals surface area contributed by atoms with Gasteiger partial charge in [0.15, 0.2) is 5.60 Å². The Morgan fingerprint density at radius 3 is 2.55 bits per heavy atom. The number of nitrogens with zero attached hydrogens (tertiary/aromatic N) is 1. The smallest absolute Gasteiger partial charge is 0.256 e. The van der Waals surface area contributed by atoms with E-state index in [1.165, 1.54) is 17.3 Å². The van der Waals surface area contributed by atoms with Gasteiger partial charge in [0.1, 0.15) is 6.04 Å². The summed E-state index contributed by atoms with van der Waals surface area (Å²) in [5.74, 6) is -2.38. The Balaban J connectivity index is 2.37. The minimum Gasteiger partial charge on any atom is -0.379 e. The number of hydrogen-bond donors (Lipinski definition) is 4. The molecule has 1 aromatic rings. The molecule has 0 aliphatic carbocycles. The summed E-state index contributed by atoms with van der Waals surface area (Å²) in [4.78, 5) is 39.9. The maximum atomic E-state index is 13.4. The first kappa shape index (κ1) is 25.9. The van der Waals surface area contributed by atoms with Crippen molar-refractivity contribution in [3.8, 4) is 0 Å². The van der Waals surface area contributed by atoms with Crippen molar-refractivity contribution in [2.75, 3.05) is 25.1 Å². The number of amides is 3. The molecule has 0 radical (unpaired) electrons. The van der Waals surface area contributed by atoms with Crippen LogP contribution in [0.25, 0.3) is 0 Å². The van der Waals surface area contributed by atoms with Crippen molar-refractivity contribution < 1.29 is 24.7 Å². The molecule has 0 aromatic heterocycles. The van der Waals surface area contributed by atoms with Crippen LogP contribution in [0.2, 0.25) is 0 Å². The van der Waals surface area contributed by atoms with Gasteiger partial charge in [-0.05, 0) is 58.9 Å². The summed E-state index contributed by atoms with van der Waals surface area (Å²) in [7, 11) is 0. The number of nitrogens with one attached hydrogen (secondary N) is 2. The topological polar surface area (TPSA) is 119 Å². The van der Waals surface area contributed by atoms with Crippen LogP contribution in [0.1, 0.15) is 25.8 Å². The lowest BCUT2D eigenvalue weighted by Gasteiger charge is -2.46. The summed E-state index contributed by atoms with van der Waals surface area (Å²) in [6.07, 6.45) is 2.30. The predicted molar refractivity (Wildman–Crippen MR) is 128 cm³/mol. The third-order valence-electron chi connectivity index (χ3n) is 5.65. The Bertz CT molecular complexity index is 794. The number of aliphatic hydroxyl groups is 1. The zero-order chi connectivity index (χ0) is 23.2. The van der Waals surface area contributed by atoms with Gasteiger partial charge >= 0.3 is 0 Å². The lowest BCUT2D eigenvalue weighted by molar-refractivity contribution is -0.176. The number of benzene rings is 1. The molecule has 1 saturated heterocycles. The fourth-order valence-corrected chi connectivity index (χ4v) is 4.54. The first-order chi connectivity index (χ1) is 14.6. The predicted octanol–water partition coefficient (Wildman–Crippen LogP) is 1.42. The number of thioether (sulfide) groups is 1. The average Bonchev–Trinajstić information content (AvgIpc) is 2.75. The molecule has 4 atom stereocenters. The Morgan fingerprint density at radius 1 is 1.32 bits per heavy atom. The zero-order valence-electron chi connectivity index (χ0n) is 17.9. The van der Waals surface area contributed by atoms with E-state index >= 15 is 0 Å². The first-order valence-corrected chi connectivity index (χ1v) is 12.6. The highest BCUT2D eigenvalue weighted by Gasteiger charge is 2.53. The summed E-state index contributed by atoms with van der Waals surface area (Å²) in [5, 5.41) is 23.1. The van der Waals surface area contributed by atoms with E-state index in [1.54, 1.807) is 11.8 Å². The molecule has 3 amide bonds. The van der Waals surface area contributed by atoms with Crippen molar-refractivity contribution in [3.63, 3.8) is 0 Å². The quantitative estimate of drug-likeness (QED) is 0.156. The maximum Gasteiger partial charge on any atom is 0.256 e. The van der Waals surface area contributed by atoms with Crippen LogP contribution in [-0.4, -0.2) is 69.7 Å². The lowest BCUT2D eigenvalue weighted by Crippen LogP contribution is -2.65. The number of rotatable bonds is 9. The van der Waals surface area contributed by atoms with Crippen molar-refractivity contribution in [1.29, 1.82) is 0 Å². The fourth-order valence-electron chi connectivity index (χ4n) is 3.88. The van der Waals surface area contributed by atoms with Crippen LogP contribution < -0.4 is 10.8 Å². The SMILES string of the molecule is CSCCNC(=O)C(Cc1ccc(I)cc1)N1CC(C)CC(O)(C(C)C(=O)NO)C1=O. The van der Waals surface area contributed by atoms with Gasteiger partial charge in [-0.15, -0.1) is 0 Å². The largest absolute Gasteiger partial charge is 0.379 e. The van der Waals surface area contributed by atoms with Gasteiger partial charge in [-0.3, -0.25) is 19.6 Å². The van der Waals surface area contributed by atoms with Crippen molar-refractivity contribution in [2.24, 2.45) is 11.8 Å². The van der Waals surface area contributed by atoms with Gasteiger partial charge in [0.25, 0.3) is 5.91 Å². The van der Waals surface area contributed by atoms with Crippen LogP contribution in [0.3, 0.4) is 0 Å². The highest BCUT2D eigenvalue weighted by atomic mass is 127. The molecule has 8 nitrogen and oxygen atoms in total. The number of halogens is 1. The molecular weight excluding hydrogens is 533 g/mol. The number of piperidine rings is 1. The molecule has 172 valence electrons. The lowest BCUT2D eigenvalue weighted by atomic mass is 9.76. The summed E-state index contributed by atoms with van der Waals surface area (Å²) >= 11 is 3.80. The molecule has 31 heavy (non-hydrogen) atoms. The van der Waals surface area contributed by atoms with Gasteiger partial charge in [-0.2, -0.15) is 11.8 Å².